The van der Waals surface area contributed by atoms with Crippen LogP contribution in [-0.4, -0.2) is 23.5 Å². The molecular weight excluding hydrogens is 466 g/mol. The highest BCUT2D eigenvalue weighted by Gasteiger charge is 2.43. The molecular formula is C30H27N3O2S. The van der Waals surface area contributed by atoms with Crippen molar-refractivity contribution < 1.29 is 9.59 Å². The van der Waals surface area contributed by atoms with Crippen LogP contribution >= 0.6 is 11.8 Å². The molecule has 0 atom stereocenters. The van der Waals surface area contributed by atoms with Crippen LogP contribution in [0.4, 0.5) is 17.1 Å². The molecule has 0 unspecified atom stereocenters. The molecule has 36 heavy (non-hydrogen) atoms. The van der Waals surface area contributed by atoms with Crippen molar-refractivity contribution in [2.24, 2.45) is 4.99 Å². The third-order valence-electron chi connectivity index (χ3n) is 6.14. The molecule has 0 radical (unpaired) electrons. The van der Waals surface area contributed by atoms with Gasteiger partial charge in [0.1, 0.15) is 0 Å². The molecule has 2 amide bonds. The van der Waals surface area contributed by atoms with E-state index in [4.69, 9.17) is 4.99 Å². The number of carbonyl (C=O) groups is 2. The van der Waals surface area contributed by atoms with Crippen molar-refractivity contribution in [2.75, 3.05) is 16.3 Å². The van der Waals surface area contributed by atoms with Crippen molar-refractivity contribution in [2.45, 2.75) is 27.7 Å². The molecule has 1 saturated heterocycles. The minimum absolute atomic E-state index is 0.194. The quantitative estimate of drug-likeness (QED) is 0.303. The van der Waals surface area contributed by atoms with E-state index in [-0.39, 0.29) is 11.8 Å². The van der Waals surface area contributed by atoms with E-state index in [1.54, 1.807) is 15.9 Å². The van der Waals surface area contributed by atoms with Gasteiger partial charge in [0.25, 0.3) is 11.8 Å². The van der Waals surface area contributed by atoms with E-state index in [9.17, 15) is 9.59 Å². The second-order valence-corrected chi connectivity index (χ2v) is 10.2. The highest BCUT2D eigenvalue weighted by Crippen LogP contribution is 2.46. The number of thioether (sulfide) groups is 1. The van der Waals surface area contributed by atoms with E-state index in [0.29, 0.717) is 22.2 Å². The number of aliphatic imine (C=N–C) groups is 1. The molecule has 2 aliphatic heterocycles. The Hall–Kier alpha value is -3.90. The Kier molecular flexibility index (Phi) is 6.14. The fraction of sp³-hybridized carbons (Fsp3) is 0.167. The highest BCUT2D eigenvalue weighted by molar-refractivity contribution is 8.19. The summed E-state index contributed by atoms with van der Waals surface area (Å²) in [5, 5.41) is 0.532. The first-order valence-electron chi connectivity index (χ1n) is 11.8. The standard InChI is InChI=1S/C30H27N3O2S/c1-6-11-32-25-10-8-7-9-24(25)26(28(32)34)27-29(35)33(23-16-20(4)13-21(5)17-23)30(36-27)31-22-14-18(2)12-19(3)15-22/h6-10,12-17H,1,11H2,2-5H3/b27-26-,31-30?. The van der Waals surface area contributed by atoms with Gasteiger partial charge in [0.05, 0.1) is 27.5 Å². The summed E-state index contributed by atoms with van der Waals surface area (Å²) in [4.78, 5) is 36.2. The van der Waals surface area contributed by atoms with Crippen LogP contribution in [0.15, 0.2) is 83.2 Å². The first kappa shape index (κ1) is 23.8. The van der Waals surface area contributed by atoms with E-state index >= 15 is 0 Å². The molecule has 0 N–H and O–H groups in total. The topological polar surface area (TPSA) is 53.0 Å². The van der Waals surface area contributed by atoms with Crippen molar-refractivity contribution in [1.82, 2.24) is 0 Å². The van der Waals surface area contributed by atoms with Gasteiger partial charge in [-0.05, 0) is 92.0 Å². The third kappa shape index (κ3) is 4.18. The molecule has 0 bridgehead atoms. The number of benzene rings is 3. The van der Waals surface area contributed by atoms with Crippen molar-refractivity contribution in [3.63, 3.8) is 0 Å². The summed E-state index contributed by atoms with van der Waals surface area (Å²) < 4.78 is 0. The van der Waals surface area contributed by atoms with Crippen molar-refractivity contribution in [3.8, 4) is 0 Å². The zero-order valence-electron chi connectivity index (χ0n) is 20.8. The lowest BCUT2D eigenvalue weighted by atomic mass is 10.1. The summed E-state index contributed by atoms with van der Waals surface area (Å²) in [7, 11) is 0. The van der Waals surface area contributed by atoms with Crippen LogP contribution < -0.4 is 9.80 Å². The lowest BCUT2D eigenvalue weighted by Gasteiger charge is -2.17. The molecule has 6 heteroatoms. The largest absolute Gasteiger partial charge is 0.304 e. The fourth-order valence-electron chi connectivity index (χ4n) is 4.84. The van der Waals surface area contributed by atoms with Gasteiger partial charge in [-0.1, -0.05) is 36.4 Å². The molecule has 2 aliphatic rings. The average Bonchev–Trinajstić information content (AvgIpc) is 3.26. The number of para-hydroxylation sites is 1. The molecule has 1 fully saturated rings. The van der Waals surface area contributed by atoms with Gasteiger partial charge >= 0.3 is 0 Å². The first-order chi connectivity index (χ1) is 17.3. The number of hydrogen-bond donors (Lipinski definition) is 0. The van der Waals surface area contributed by atoms with Crippen LogP contribution in [0, 0.1) is 27.7 Å². The van der Waals surface area contributed by atoms with E-state index in [1.165, 1.54) is 11.8 Å². The molecule has 3 aromatic rings. The van der Waals surface area contributed by atoms with Gasteiger partial charge in [0.2, 0.25) is 0 Å². The normalized spacial score (nSPS) is 18.4. The summed E-state index contributed by atoms with van der Waals surface area (Å²) in [6, 6.07) is 19.7. The first-order valence-corrected chi connectivity index (χ1v) is 12.6. The summed E-state index contributed by atoms with van der Waals surface area (Å²) in [6.45, 7) is 12.2. The summed E-state index contributed by atoms with van der Waals surface area (Å²) in [5.41, 5.74) is 7.77. The smallest absolute Gasteiger partial charge is 0.272 e. The number of fused-ring (bicyclic) bond motifs is 1. The molecule has 2 heterocycles. The number of anilines is 2. The van der Waals surface area contributed by atoms with Crippen molar-refractivity contribution in [1.29, 1.82) is 0 Å². The van der Waals surface area contributed by atoms with Gasteiger partial charge in [-0.15, -0.1) is 6.58 Å². The molecule has 0 aliphatic carbocycles. The van der Waals surface area contributed by atoms with Crippen LogP contribution in [0.5, 0.6) is 0 Å². The van der Waals surface area contributed by atoms with Crippen molar-refractivity contribution in [3.05, 3.63) is 106 Å². The summed E-state index contributed by atoms with van der Waals surface area (Å²) in [5.74, 6) is -0.438. The van der Waals surface area contributed by atoms with Crippen LogP contribution in [0.25, 0.3) is 5.57 Å². The van der Waals surface area contributed by atoms with E-state index < -0.39 is 0 Å². The van der Waals surface area contributed by atoms with E-state index in [1.807, 2.05) is 76.2 Å². The maximum absolute atomic E-state index is 14.0. The SMILES string of the molecule is C=CCN1C(=O)/C(=C2\SC(=Nc3cc(C)cc(C)c3)N(c3cc(C)cc(C)c3)C2=O)c2ccccc21. The second-order valence-electron chi connectivity index (χ2n) is 9.25. The number of amides is 2. The van der Waals surface area contributed by atoms with Crippen LogP contribution in [0.2, 0.25) is 0 Å². The Morgan fingerprint density at radius 3 is 2.11 bits per heavy atom. The van der Waals surface area contributed by atoms with Crippen molar-refractivity contribution >= 4 is 51.4 Å². The number of amidine groups is 1. The number of hydrogen-bond acceptors (Lipinski definition) is 4. The zero-order chi connectivity index (χ0) is 25.6. The molecule has 0 spiro atoms. The zero-order valence-corrected chi connectivity index (χ0v) is 21.6. The molecule has 0 aromatic heterocycles. The van der Waals surface area contributed by atoms with Gasteiger partial charge in [0, 0.05) is 12.1 Å². The van der Waals surface area contributed by atoms with Gasteiger partial charge in [-0.25, -0.2) is 4.99 Å². The summed E-state index contributed by atoms with van der Waals surface area (Å²) >= 11 is 1.26. The van der Waals surface area contributed by atoms with E-state index in [0.717, 1.165) is 44.9 Å². The molecule has 0 saturated carbocycles. The van der Waals surface area contributed by atoms with Gasteiger partial charge in [-0.2, -0.15) is 0 Å². The highest BCUT2D eigenvalue weighted by atomic mass is 32.2. The number of aryl methyl sites for hydroxylation is 4. The van der Waals surface area contributed by atoms with Gasteiger partial charge in [-0.3, -0.25) is 14.5 Å². The number of rotatable bonds is 4. The maximum Gasteiger partial charge on any atom is 0.272 e. The minimum Gasteiger partial charge on any atom is -0.304 e. The Bertz CT molecular complexity index is 1460. The number of carbonyl (C=O) groups excluding carboxylic acids is 2. The maximum atomic E-state index is 14.0. The lowest BCUT2D eigenvalue weighted by molar-refractivity contribution is -0.115. The Balaban J connectivity index is 1.72. The Morgan fingerprint density at radius 2 is 1.47 bits per heavy atom. The predicted molar refractivity (Wildman–Crippen MR) is 150 cm³/mol. The lowest BCUT2D eigenvalue weighted by Crippen LogP contribution is -2.30. The Morgan fingerprint density at radius 1 is 0.861 bits per heavy atom. The van der Waals surface area contributed by atoms with Crippen LogP contribution in [0.3, 0.4) is 0 Å². The van der Waals surface area contributed by atoms with Gasteiger partial charge < -0.3 is 4.90 Å². The molecule has 5 rings (SSSR count). The van der Waals surface area contributed by atoms with E-state index in [2.05, 4.69) is 18.7 Å². The monoisotopic (exact) mass is 493 g/mol. The summed E-state index contributed by atoms with van der Waals surface area (Å²) in [6.07, 6.45) is 1.70. The molecule has 180 valence electrons. The Labute approximate surface area is 215 Å². The third-order valence-corrected chi connectivity index (χ3v) is 7.18. The minimum atomic E-state index is -0.244. The van der Waals surface area contributed by atoms with Crippen LogP contribution in [0.1, 0.15) is 27.8 Å². The fourth-order valence-corrected chi connectivity index (χ4v) is 5.93. The molecule has 5 nitrogen and oxygen atoms in total. The van der Waals surface area contributed by atoms with Crippen LogP contribution in [-0.2, 0) is 9.59 Å². The predicted octanol–water partition coefficient (Wildman–Crippen LogP) is 6.63. The molecule has 3 aromatic carbocycles. The average molecular weight is 494 g/mol. The second kappa shape index (κ2) is 9.28. The van der Waals surface area contributed by atoms with Gasteiger partial charge in [0.15, 0.2) is 5.17 Å². The number of nitrogens with zero attached hydrogens (tertiary/aromatic N) is 3.